The van der Waals surface area contributed by atoms with E-state index in [9.17, 15) is 0 Å². The van der Waals surface area contributed by atoms with Crippen LogP contribution in [0.15, 0.2) is 115 Å². The Morgan fingerprint density at radius 1 is 0.605 bits per heavy atom. The lowest BCUT2D eigenvalue weighted by Crippen LogP contribution is -2.14. The monoisotopic (exact) mass is 492 g/mol. The van der Waals surface area contributed by atoms with Gasteiger partial charge >= 0.3 is 0 Å². The molecular weight excluding hydrogens is 464 g/mol. The van der Waals surface area contributed by atoms with Crippen molar-refractivity contribution < 1.29 is 9.47 Å². The topological polar surface area (TPSA) is 18.5 Å². The highest BCUT2D eigenvalue weighted by molar-refractivity contribution is 6.35. The van der Waals surface area contributed by atoms with E-state index in [1.54, 1.807) is 14.2 Å². The van der Waals surface area contributed by atoms with E-state index in [1.807, 2.05) is 0 Å². The molecule has 0 bridgehead atoms. The van der Waals surface area contributed by atoms with Crippen molar-refractivity contribution in [1.29, 1.82) is 0 Å². The van der Waals surface area contributed by atoms with Gasteiger partial charge in [-0.1, -0.05) is 85.0 Å². The van der Waals surface area contributed by atoms with Gasteiger partial charge in [0.25, 0.3) is 0 Å². The Morgan fingerprint density at radius 2 is 1.29 bits per heavy atom. The number of methoxy groups -OCH3 is 2. The minimum absolute atomic E-state index is 0.111. The zero-order valence-electron chi connectivity index (χ0n) is 21.8. The van der Waals surface area contributed by atoms with Gasteiger partial charge in [-0.05, 0) is 97.6 Å². The van der Waals surface area contributed by atoms with Crippen LogP contribution in [0.25, 0.3) is 33.1 Å². The van der Waals surface area contributed by atoms with Crippen molar-refractivity contribution in [3.8, 4) is 11.5 Å². The van der Waals surface area contributed by atoms with E-state index in [1.165, 1.54) is 66.5 Å². The molecule has 1 unspecified atom stereocenters. The maximum atomic E-state index is 5.50. The molecule has 0 saturated heterocycles. The fraction of sp³-hybridized carbons (Fsp3) is 0.111. The Morgan fingerprint density at radius 3 is 2.00 bits per heavy atom. The molecule has 0 spiro atoms. The molecule has 0 heterocycles. The summed E-state index contributed by atoms with van der Waals surface area (Å²) in [6, 6.07) is 28.4. The zero-order valence-corrected chi connectivity index (χ0v) is 21.8. The first-order valence-corrected chi connectivity index (χ1v) is 13.1. The molecule has 3 aliphatic carbocycles. The first kappa shape index (κ1) is 22.6. The Kier molecular flexibility index (Phi) is 5.23. The van der Waals surface area contributed by atoms with Crippen LogP contribution < -0.4 is 9.47 Å². The molecule has 7 rings (SSSR count). The van der Waals surface area contributed by atoms with E-state index in [0.717, 1.165) is 11.5 Å². The van der Waals surface area contributed by atoms with Gasteiger partial charge in [0, 0.05) is 5.92 Å². The maximum Gasteiger partial charge on any atom is 0.118 e. The third-order valence-corrected chi connectivity index (χ3v) is 8.08. The van der Waals surface area contributed by atoms with E-state index >= 15 is 0 Å². The highest BCUT2D eigenvalue weighted by Gasteiger charge is 2.39. The third kappa shape index (κ3) is 3.27. The molecule has 4 aromatic carbocycles. The Labute approximate surface area is 223 Å². The number of fused-ring (bicyclic) bond motifs is 4. The van der Waals surface area contributed by atoms with Gasteiger partial charge in [0.1, 0.15) is 11.5 Å². The molecule has 0 saturated carbocycles. The van der Waals surface area contributed by atoms with Crippen LogP contribution >= 0.6 is 0 Å². The average molecular weight is 493 g/mol. The fourth-order valence-electron chi connectivity index (χ4n) is 6.34. The molecule has 38 heavy (non-hydrogen) atoms. The molecule has 2 heteroatoms. The molecule has 0 aliphatic heterocycles. The summed E-state index contributed by atoms with van der Waals surface area (Å²) in [4.78, 5) is 0. The van der Waals surface area contributed by atoms with Gasteiger partial charge < -0.3 is 9.47 Å². The van der Waals surface area contributed by atoms with Crippen LogP contribution in [0, 0.1) is 12.8 Å². The summed E-state index contributed by atoms with van der Waals surface area (Å²) in [6.45, 7) is 2.21. The number of aryl methyl sites for hydroxylation is 1. The molecular formula is C36H28O2. The molecule has 4 aromatic rings. The second-order valence-corrected chi connectivity index (χ2v) is 10.0. The van der Waals surface area contributed by atoms with Gasteiger partial charge in [0.05, 0.1) is 14.2 Å². The average Bonchev–Trinajstić information content (AvgIpc) is 3.11. The Balaban J connectivity index is 1.65. The number of hydrogen-bond acceptors (Lipinski definition) is 2. The fourth-order valence-corrected chi connectivity index (χ4v) is 6.34. The second kappa shape index (κ2) is 8.78. The zero-order chi connectivity index (χ0) is 25.8. The van der Waals surface area contributed by atoms with Crippen LogP contribution in [-0.4, -0.2) is 14.2 Å². The number of hydrogen-bond donors (Lipinski definition) is 0. The number of benzene rings is 4. The van der Waals surface area contributed by atoms with Gasteiger partial charge in [0.2, 0.25) is 0 Å². The largest absolute Gasteiger partial charge is 0.497 e. The van der Waals surface area contributed by atoms with Gasteiger partial charge in [-0.15, -0.1) is 0 Å². The van der Waals surface area contributed by atoms with Crippen molar-refractivity contribution in [1.82, 2.24) is 0 Å². The minimum Gasteiger partial charge on any atom is -0.497 e. The van der Waals surface area contributed by atoms with Crippen LogP contribution in [0.1, 0.15) is 27.8 Å². The minimum atomic E-state index is 0.111. The number of allylic oxidation sites excluding steroid dienone is 10. The van der Waals surface area contributed by atoms with Crippen molar-refractivity contribution in [2.75, 3.05) is 14.2 Å². The molecule has 0 fully saturated rings. The SMILES string of the molecule is COc1ccc(C2=C3C(=C(c4ccc(OC)cc4)C4C=CC=CC=C24)c2cccc4c(C)ccc3c24)cc1. The van der Waals surface area contributed by atoms with Crippen molar-refractivity contribution >= 4 is 33.1 Å². The lowest BCUT2D eigenvalue weighted by atomic mass is 9.70. The van der Waals surface area contributed by atoms with Crippen LogP contribution in [0.4, 0.5) is 0 Å². The van der Waals surface area contributed by atoms with Gasteiger partial charge in [0.15, 0.2) is 0 Å². The maximum absolute atomic E-state index is 5.50. The van der Waals surface area contributed by atoms with Crippen molar-refractivity contribution in [2.45, 2.75) is 6.92 Å². The first-order valence-electron chi connectivity index (χ1n) is 13.1. The predicted molar refractivity (Wildman–Crippen MR) is 158 cm³/mol. The van der Waals surface area contributed by atoms with E-state index in [0.29, 0.717) is 0 Å². The standard InChI is InChI=1S/C36H28O2/c1-22-12-21-31-34-27(22)10-7-11-30(34)35-32(23-13-17-25(37-2)18-14-23)28-8-5-4-6-9-29(28)33(36(31)35)24-15-19-26(38-3)20-16-24/h4-21,28H,1-3H3. The molecule has 0 N–H and O–H groups in total. The molecule has 2 nitrogen and oxygen atoms in total. The highest BCUT2D eigenvalue weighted by Crippen LogP contribution is 2.59. The smallest absolute Gasteiger partial charge is 0.118 e. The Hall–Kier alpha value is -4.56. The molecule has 1 atom stereocenters. The van der Waals surface area contributed by atoms with Crippen molar-refractivity contribution in [2.24, 2.45) is 5.92 Å². The van der Waals surface area contributed by atoms with Gasteiger partial charge in [-0.25, -0.2) is 0 Å². The summed E-state index contributed by atoms with van der Waals surface area (Å²) in [7, 11) is 3.44. The molecule has 0 amide bonds. The molecule has 0 aromatic heterocycles. The number of rotatable bonds is 4. The van der Waals surface area contributed by atoms with Crippen molar-refractivity contribution in [3.63, 3.8) is 0 Å². The molecule has 0 radical (unpaired) electrons. The summed E-state index contributed by atoms with van der Waals surface area (Å²) in [5, 5.41) is 2.67. The third-order valence-electron chi connectivity index (χ3n) is 8.08. The van der Waals surface area contributed by atoms with E-state index < -0.39 is 0 Å². The van der Waals surface area contributed by atoms with Crippen LogP contribution in [0.5, 0.6) is 11.5 Å². The quantitative estimate of drug-likeness (QED) is 0.284. The number of ether oxygens (including phenoxy) is 2. The summed E-state index contributed by atoms with van der Waals surface area (Å²) >= 11 is 0. The highest BCUT2D eigenvalue weighted by atomic mass is 16.5. The molecule has 184 valence electrons. The van der Waals surface area contributed by atoms with E-state index in [-0.39, 0.29) is 5.92 Å². The van der Waals surface area contributed by atoms with Crippen LogP contribution in [0.3, 0.4) is 0 Å². The normalized spacial score (nSPS) is 17.3. The lowest BCUT2D eigenvalue weighted by molar-refractivity contribution is 0.414. The summed E-state index contributed by atoms with van der Waals surface area (Å²) in [5.41, 5.74) is 13.0. The van der Waals surface area contributed by atoms with E-state index in [4.69, 9.17) is 9.47 Å². The van der Waals surface area contributed by atoms with Crippen molar-refractivity contribution in [3.05, 3.63) is 143 Å². The van der Waals surface area contributed by atoms with Crippen LogP contribution in [0.2, 0.25) is 0 Å². The van der Waals surface area contributed by atoms with Gasteiger partial charge in [-0.2, -0.15) is 0 Å². The van der Waals surface area contributed by atoms with Crippen LogP contribution in [-0.2, 0) is 0 Å². The lowest BCUT2D eigenvalue weighted by Gasteiger charge is -2.32. The summed E-state index contributed by atoms with van der Waals surface area (Å²) in [5.74, 6) is 1.84. The Bertz CT molecular complexity index is 1760. The predicted octanol–water partition coefficient (Wildman–Crippen LogP) is 8.68. The van der Waals surface area contributed by atoms with E-state index in [2.05, 4.69) is 116 Å². The second-order valence-electron chi connectivity index (χ2n) is 10.0. The summed E-state index contributed by atoms with van der Waals surface area (Å²) in [6.07, 6.45) is 11.1. The summed E-state index contributed by atoms with van der Waals surface area (Å²) < 4.78 is 11.0. The van der Waals surface area contributed by atoms with Gasteiger partial charge in [-0.3, -0.25) is 0 Å². The molecule has 3 aliphatic rings. The first-order chi connectivity index (χ1) is 18.7.